The zero-order valence-electron chi connectivity index (χ0n) is 10.9. The predicted octanol–water partition coefficient (Wildman–Crippen LogP) is 4.24. The van der Waals surface area contributed by atoms with Crippen LogP contribution in [0.25, 0.3) is 10.9 Å². The first-order valence-electron chi connectivity index (χ1n) is 6.38. The summed E-state index contributed by atoms with van der Waals surface area (Å²) in [5, 5.41) is 1.01. The van der Waals surface area contributed by atoms with Gasteiger partial charge in [-0.1, -0.05) is 24.3 Å². The first-order chi connectivity index (χ1) is 10.0. The Balaban J connectivity index is 1.84. The van der Waals surface area contributed by atoms with E-state index in [9.17, 15) is 13.2 Å². The number of nitrogens with zero attached hydrogens (tertiary/aromatic N) is 2. The number of benzene rings is 1. The summed E-state index contributed by atoms with van der Waals surface area (Å²) in [5.41, 5.74) is 1.69. The monoisotopic (exact) mass is 288 g/mol. The maximum atomic E-state index is 12.4. The SMILES string of the molecule is FC(F)(F)c1ccc(Cc2cnc3ccccc3c2)cn1. The van der Waals surface area contributed by atoms with Crippen molar-refractivity contribution in [3.8, 4) is 0 Å². The number of pyridine rings is 2. The van der Waals surface area contributed by atoms with Crippen LogP contribution in [0.1, 0.15) is 16.8 Å². The lowest BCUT2D eigenvalue weighted by Gasteiger charge is -2.07. The zero-order chi connectivity index (χ0) is 14.9. The molecule has 2 heterocycles. The second-order valence-corrected chi connectivity index (χ2v) is 4.76. The Kier molecular flexibility index (Phi) is 3.33. The van der Waals surface area contributed by atoms with Crippen molar-refractivity contribution in [2.24, 2.45) is 0 Å². The maximum absolute atomic E-state index is 12.4. The minimum Gasteiger partial charge on any atom is -0.256 e. The molecule has 3 aromatic rings. The van der Waals surface area contributed by atoms with Gasteiger partial charge in [0.1, 0.15) is 5.69 Å². The molecule has 0 aliphatic rings. The highest BCUT2D eigenvalue weighted by molar-refractivity contribution is 5.78. The van der Waals surface area contributed by atoms with Gasteiger partial charge in [-0.3, -0.25) is 9.97 Å². The summed E-state index contributed by atoms with van der Waals surface area (Å²) in [4.78, 5) is 7.80. The summed E-state index contributed by atoms with van der Waals surface area (Å²) >= 11 is 0. The molecule has 0 aliphatic heterocycles. The van der Waals surface area contributed by atoms with Crippen LogP contribution < -0.4 is 0 Å². The number of aromatic nitrogens is 2. The molecule has 106 valence electrons. The average molecular weight is 288 g/mol. The van der Waals surface area contributed by atoms with Crippen molar-refractivity contribution in [3.63, 3.8) is 0 Å². The lowest BCUT2D eigenvalue weighted by molar-refractivity contribution is -0.141. The van der Waals surface area contributed by atoms with Crippen LogP contribution in [-0.2, 0) is 12.6 Å². The van der Waals surface area contributed by atoms with Gasteiger partial charge in [-0.2, -0.15) is 13.2 Å². The lowest BCUT2D eigenvalue weighted by Crippen LogP contribution is -2.07. The third-order valence-electron chi connectivity index (χ3n) is 3.17. The van der Waals surface area contributed by atoms with Crippen molar-refractivity contribution in [2.75, 3.05) is 0 Å². The fourth-order valence-corrected chi connectivity index (χ4v) is 2.15. The summed E-state index contributed by atoms with van der Waals surface area (Å²) in [5.74, 6) is 0. The second kappa shape index (κ2) is 5.16. The molecule has 3 rings (SSSR count). The molecule has 0 fully saturated rings. The molecule has 0 atom stereocenters. The Bertz CT molecular complexity index is 764. The van der Waals surface area contributed by atoms with Gasteiger partial charge >= 0.3 is 6.18 Å². The van der Waals surface area contributed by atoms with E-state index in [2.05, 4.69) is 9.97 Å². The van der Waals surface area contributed by atoms with Crippen molar-refractivity contribution in [2.45, 2.75) is 12.6 Å². The molecule has 0 N–H and O–H groups in total. The first kappa shape index (κ1) is 13.5. The van der Waals surface area contributed by atoms with Crippen LogP contribution in [0.3, 0.4) is 0 Å². The van der Waals surface area contributed by atoms with E-state index < -0.39 is 11.9 Å². The van der Waals surface area contributed by atoms with Crippen LogP contribution in [0.2, 0.25) is 0 Å². The average Bonchev–Trinajstić information content (AvgIpc) is 2.47. The molecule has 21 heavy (non-hydrogen) atoms. The number of hydrogen-bond donors (Lipinski definition) is 0. The van der Waals surface area contributed by atoms with Crippen molar-refractivity contribution in [1.82, 2.24) is 9.97 Å². The van der Waals surface area contributed by atoms with E-state index in [1.807, 2.05) is 30.3 Å². The largest absolute Gasteiger partial charge is 0.433 e. The van der Waals surface area contributed by atoms with Crippen LogP contribution >= 0.6 is 0 Å². The van der Waals surface area contributed by atoms with Gasteiger partial charge < -0.3 is 0 Å². The molecule has 0 aliphatic carbocycles. The van der Waals surface area contributed by atoms with Crippen LogP contribution in [-0.4, -0.2) is 9.97 Å². The number of hydrogen-bond acceptors (Lipinski definition) is 2. The standard InChI is InChI=1S/C16H11F3N2/c17-16(18,19)15-6-5-11(9-21-15)7-12-8-13-3-1-2-4-14(13)20-10-12/h1-6,8-10H,7H2. The van der Waals surface area contributed by atoms with Crippen LogP contribution in [0.15, 0.2) is 54.9 Å². The predicted molar refractivity (Wildman–Crippen MR) is 73.8 cm³/mol. The molecule has 1 aromatic carbocycles. The smallest absolute Gasteiger partial charge is 0.256 e. The summed E-state index contributed by atoms with van der Waals surface area (Å²) in [6.45, 7) is 0. The topological polar surface area (TPSA) is 25.8 Å². The summed E-state index contributed by atoms with van der Waals surface area (Å²) < 4.78 is 37.3. The van der Waals surface area contributed by atoms with E-state index in [0.717, 1.165) is 28.1 Å². The number of halogens is 3. The molecule has 2 nitrogen and oxygen atoms in total. The highest BCUT2D eigenvalue weighted by Crippen LogP contribution is 2.27. The van der Waals surface area contributed by atoms with Gasteiger partial charge in [0.25, 0.3) is 0 Å². The number of rotatable bonds is 2. The van der Waals surface area contributed by atoms with Gasteiger partial charge in [-0.05, 0) is 29.3 Å². The van der Waals surface area contributed by atoms with E-state index >= 15 is 0 Å². The molecule has 0 amide bonds. The highest BCUT2D eigenvalue weighted by Gasteiger charge is 2.31. The Morgan fingerprint density at radius 3 is 2.33 bits per heavy atom. The van der Waals surface area contributed by atoms with Crippen molar-refractivity contribution in [3.05, 3.63) is 71.7 Å². The quantitative estimate of drug-likeness (QED) is 0.705. The fraction of sp³-hybridized carbons (Fsp3) is 0.125. The number of alkyl halides is 3. The van der Waals surface area contributed by atoms with Gasteiger partial charge in [-0.25, -0.2) is 0 Å². The minimum absolute atomic E-state index is 0.503. The summed E-state index contributed by atoms with van der Waals surface area (Å²) in [6.07, 6.45) is -0.899. The summed E-state index contributed by atoms with van der Waals surface area (Å²) in [6, 6.07) is 12.1. The molecule has 5 heteroatoms. The van der Waals surface area contributed by atoms with Gasteiger partial charge in [0.05, 0.1) is 5.52 Å². The molecule has 0 spiro atoms. The Morgan fingerprint density at radius 1 is 0.857 bits per heavy atom. The van der Waals surface area contributed by atoms with Crippen LogP contribution in [0.4, 0.5) is 13.2 Å². The number of fused-ring (bicyclic) bond motifs is 1. The second-order valence-electron chi connectivity index (χ2n) is 4.76. The zero-order valence-corrected chi connectivity index (χ0v) is 10.9. The van der Waals surface area contributed by atoms with Crippen molar-refractivity contribution >= 4 is 10.9 Å². The molecule has 0 bridgehead atoms. The van der Waals surface area contributed by atoms with E-state index in [4.69, 9.17) is 0 Å². The molecular formula is C16H11F3N2. The molecule has 2 aromatic heterocycles. The Labute approximate surface area is 119 Å². The van der Waals surface area contributed by atoms with Crippen LogP contribution in [0.5, 0.6) is 0 Å². The van der Waals surface area contributed by atoms with Gasteiger partial charge in [0.15, 0.2) is 0 Å². The van der Waals surface area contributed by atoms with E-state index in [1.54, 1.807) is 6.20 Å². The van der Waals surface area contributed by atoms with Crippen molar-refractivity contribution < 1.29 is 13.2 Å². The Hall–Kier alpha value is -2.43. The van der Waals surface area contributed by atoms with Crippen LogP contribution in [0, 0.1) is 0 Å². The molecule has 0 saturated heterocycles. The molecular weight excluding hydrogens is 277 g/mol. The molecule has 0 radical (unpaired) electrons. The fourth-order valence-electron chi connectivity index (χ4n) is 2.15. The number of para-hydroxylation sites is 1. The molecule has 0 saturated carbocycles. The van der Waals surface area contributed by atoms with Gasteiger partial charge in [0, 0.05) is 24.2 Å². The minimum atomic E-state index is -4.40. The third-order valence-corrected chi connectivity index (χ3v) is 3.17. The van der Waals surface area contributed by atoms with E-state index in [0.29, 0.717) is 6.42 Å². The maximum Gasteiger partial charge on any atom is 0.433 e. The lowest BCUT2D eigenvalue weighted by atomic mass is 10.1. The van der Waals surface area contributed by atoms with E-state index in [-0.39, 0.29) is 0 Å². The highest BCUT2D eigenvalue weighted by atomic mass is 19.4. The van der Waals surface area contributed by atoms with Gasteiger partial charge in [0.2, 0.25) is 0 Å². The third kappa shape index (κ3) is 3.02. The summed E-state index contributed by atoms with van der Waals surface area (Å²) in [7, 11) is 0. The van der Waals surface area contributed by atoms with Gasteiger partial charge in [-0.15, -0.1) is 0 Å². The Morgan fingerprint density at radius 2 is 1.62 bits per heavy atom. The van der Waals surface area contributed by atoms with Crippen molar-refractivity contribution in [1.29, 1.82) is 0 Å². The molecule has 0 unspecified atom stereocenters. The van der Waals surface area contributed by atoms with E-state index in [1.165, 1.54) is 12.3 Å². The normalized spacial score (nSPS) is 11.8. The first-order valence-corrected chi connectivity index (χ1v) is 6.38.